The maximum Gasteiger partial charge on any atom is 0.184 e. The molecule has 2 rings (SSSR count). The molecule has 7 nitrogen and oxygen atoms in total. The number of thioether (sulfide) groups is 1. The molecule has 0 amide bonds. The fraction of sp³-hybridized carbons (Fsp3) is 0.571. The number of nitrogens with one attached hydrogen (secondary N) is 2. The van der Waals surface area contributed by atoms with Crippen LogP contribution in [-0.2, 0) is 12.3 Å². The van der Waals surface area contributed by atoms with Crippen molar-refractivity contribution < 1.29 is 4.42 Å². The van der Waals surface area contributed by atoms with Crippen molar-refractivity contribution in [2.45, 2.75) is 12.3 Å². The van der Waals surface area contributed by atoms with Crippen LogP contribution in [0.5, 0.6) is 0 Å². The highest BCUT2D eigenvalue weighted by Gasteiger charge is 2.07. The third kappa shape index (κ3) is 6.38. The highest BCUT2D eigenvalue weighted by atomic mass is 32.2. The van der Waals surface area contributed by atoms with E-state index in [0.717, 1.165) is 47.8 Å². The summed E-state index contributed by atoms with van der Waals surface area (Å²) in [7, 11) is 4.07. The lowest BCUT2D eigenvalue weighted by molar-refractivity contribution is 0.344. The molecule has 0 fully saturated rings. The fourth-order valence-corrected chi connectivity index (χ4v) is 3.18. The maximum absolute atomic E-state index is 5.78. The summed E-state index contributed by atoms with van der Waals surface area (Å²) < 4.78 is 14.2. The SMILES string of the molecule is CN(C)Cc1ccc(CSCCNc2nsnc2NCCN)o1. The first kappa shape index (κ1) is 18.1. The number of hydrogen-bond donors (Lipinski definition) is 3. The van der Waals surface area contributed by atoms with E-state index in [1.54, 1.807) is 0 Å². The number of nitrogens with two attached hydrogens (primary N) is 1. The lowest BCUT2D eigenvalue weighted by Gasteiger charge is -2.06. The number of furan rings is 1. The Kier molecular flexibility index (Phi) is 7.66. The molecule has 2 aromatic heterocycles. The van der Waals surface area contributed by atoms with Gasteiger partial charge in [0.05, 0.1) is 24.0 Å². The van der Waals surface area contributed by atoms with Crippen LogP contribution in [0.2, 0.25) is 0 Å². The molecule has 0 aromatic carbocycles. The number of hydrogen-bond acceptors (Lipinski definition) is 9. The largest absolute Gasteiger partial charge is 0.464 e. The van der Waals surface area contributed by atoms with E-state index in [1.165, 1.54) is 11.7 Å². The Bertz CT molecular complexity index is 571. The molecule has 0 spiro atoms. The van der Waals surface area contributed by atoms with Crippen LogP contribution in [0.3, 0.4) is 0 Å². The van der Waals surface area contributed by atoms with Crippen LogP contribution >= 0.6 is 23.5 Å². The Morgan fingerprint density at radius 2 is 1.87 bits per heavy atom. The Hall–Kier alpha value is -1.29. The molecular weight excluding hydrogens is 332 g/mol. The summed E-state index contributed by atoms with van der Waals surface area (Å²) in [5.41, 5.74) is 5.48. The average molecular weight is 357 g/mol. The van der Waals surface area contributed by atoms with Crippen molar-refractivity contribution in [3.05, 3.63) is 23.7 Å². The van der Waals surface area contributed by atoms with Crippen LogP contribution in [0.15, 0.2) is 16.5 Å². The molecule has 0 aliphatic carbocycles. The first-order chi connectivity index (χ1) is 11.2. The van der Waals surface area contributed by atoms with Crippen molar-refractivity contribution in [1.29, 1.82) is 0 Å². The first-order valence-electron chi connectivity index (χ1n) is 7.49. The maximum atomic E-state index is 5.78. The summed E-state index contributed by atoms with van der Waals surface area (Å²) >= 11 is 3.02. The van der Waals surface area contributed by atoms with Gasteiger partial charge in [-0.2, -0.15) is 20.5 Å². The quantitative estimate of drug-likeness (QED) is 0.526. The molecule has 0 aliphatic heterocycles. The Morgan fingerprint density at radius 3 is 2.57 bits per heavy atom. The molecule has 0 unspecified atom stereocenters. The summed E-state index contributed by atoms with van der Waals surface area (Å²) in [6, 6.07) is 4.10. The molecule has 23 heavy (non-hydrogen) atoms. The standard InChI is InChI=1S/C14H24N6OS2/c1-20(2)9-11-3-4-12(21-11)10-22-8-7-17-14-13(16-6-5-15)18-23-19-14/h3-4H,5-10,15H2,1-2H3,(H,16,18)(H,17,19). The Labute approximate surface area is 145 Å². The molecule has 0 saturated heterocycles. The van der Waals surface area contributed by atoms with Crippen molar-refractivity contribution >= 4 is 35.1 Å². The molecule has 2 aromatic rings. The van der Waals surface area contributed by atoms with Crippen LogP contribution in [0.4, 0.5) is 11.6 Å². The summed E-state index contributed by atoms with van der Waals surface area (Å²) in [6.45, 7) is 2.94. The van der Waals surface area contributed by atoms with Gasteiger partial charge in [0.2, 0.25) is 0 Å². The minimum Gasteiger partial charge on any atom is -0.464 e. The van der Waals surface area contributed by atoms with Crippen molar-refractivity contribution in [2.24, 2.45) is 5.73 Å². The molecule has 4 N–H and O–H groups in total. The van der Waals surface area contributed by atoms with Crippen LogP contribution in [0.25, 0.3) is 0 Å². The van der Waals surface area contributed by atoms with Crippen LogP contribution in [0.1, 0.15) is 11.5 Å². The molecule has 0 atom stereocenters. The van der Waals surface area contributed by atoms with Crippen molar-refractivity contribution in [3.63, 3.8) is 0 Å². The number of nitrogens with zero attached hydrogens (tertiary/aromatic N) is 3. The fourth-order valence-electron chi connectivity index (χ4n) is 1.92. The first-order valence-corrected chi connectivity index (χ1v) is 9.38. The molecule has 0 aliphatic rings. The van der Waals surface area contributed by atoms with Crippen molar-refractivity contribution in [3.8, 4) is 0 Å². The van der Waals surface area contributed by atoms with Gasteiger partial charge in [0, 0.05) is 25.4 Å². The van der Waals surface area contributed by atoms with E-state index in [4.69, 9.17) is 10.2 Å². The van der Waals surface area contributed by atoms with Gasteiger partial charge in [-0.1, -0.05) is 0 Å². The van der Waals surface area contributed by atoms with Crippen LogP contribution < -0.4 is 16.4 Å². The smallest absolute Gasteiger partial charge is 0.184 e. The molecule has 2 heterocycles. The molecule has 0 bridgehead atoms. The monoisotopic (exact) mass is 356 g/mol. The van der Waals surface area contributed by atoms with E-state index >= 15 is 0 Å². The second-order valence-corrected chi connectivity index (χ2v) is 6.90. The van der Waals surface area contributed by atoms with Gasteiger partial charge in [0.15, 0.2) is 11.6 Å². The number of anilines is 2. The molecule has 0 radical (unpaired) electrons. The van der Waals surface area contributed by atoms with E-state index in [2.05, 4.69) is 30.3 Å². The molecule has 9 heteroatoms. The van der Waals surface area contributed by atoms with Gasteiger partial charge >= 0.3 is 0 Å². The second kappa shape index (κ2) is 9.76. The number of rotatable bonds is 11. The molecule has 0 saturated carbocycles. The zero-order chi connectivity index (χ0) is 16.5. The van der Waals surface area contributed by atoms with Gasteiger partial charge in [-0.25, -0.2) is 0 Å². The van der Waals surface area contributed by atoms with Gasteiger partial charge in [-0.15, -0.1) is 0 Å². The third-order valence-corrected chi connectivity index (χ3v) is 4.41. The summed E-state index contributed by atoms with van der Waals surface area (Å²) in [4.78, 5) is 2.10. The van der Waals surface area contributed by atoms with E-state index in [0.29, 0.717) is 13.1 Å². The molecular formula is C14H24N6OS2. The van der Waals surface area contributed by atoms with Gasteiger partial charge in [-0.05, 0) is 26.2 Å². The van der Waals surface area contributed by atoms with Gasteiger partial charge in [-0.3, -0.25) is 0 Å². The topological polar surface area (TPSA) is 92.2 Å². The van der Waals surface area contributed by atoms with E-state index in [-0.39, 0.29) is 0 Å². The predicted octanol–water partition coefficient (Wildman–Crippen LogP) is 1.91. The lowest BCUT2D eigenvalue weighted by atomic mass is 10.4. The Morgan fingerprint density at radius 1 is 1.17 bits per heavy atom. The molecule has 128 valence electrons. The highest BCUT2D eigenvalue weighted by molar-refractivity contribution is 7.98. The Balaban J connectivity index is 1.64. The van der Waals surface area contributed by atoms with Crippen molar-refractivity contribution in [1.82, 2.24) is 13.6 Å². The van der Waals surface area contributed by atoms with Crippen molar-refractivity contribution in [2.75, 3.05) is 50.1 Å². The third-order valence-electron chi connectivity index (χ3n) is 2.90. The van der Waals surface area contributed by atoms with Gasteiger partial charge in [0.25, 0.3) is 0 Å². The lowest BCUT2D eigenvalue weighted by Crippen LogP contribution is -2.15. The predicted molar refractivity (Wildman–Crippen MR) is 98.2 cm³/mol. The average Bonchev–Trinajstić information content (AvgIpc) is 3.13. The minimum absolute atomic E-state index is 0.575. The minimum atomic E-state index is 0.575. The highest BCUT2D eigenvalue weighted by Crippen LogP contribution is 2.19. The van der Waals surface area contributed by atoms with E-state index < -0.39 is 0 Å². The summed E-state index contributed by atoms with van der Waals surface area (Å²) in [6.07, 6.45) is 0. The normalized spacial score (nSPS) is 11.1. The van der Waals surface area contributed by atoms with Gasteiger partial charge < -0.3 is 25.7 Å². The van der Waals surface area contributed by atoms with E-state index in [9.17, 15) is 0 Å². The van der Waals surface area contributed by atoms with Gasteiger partial charge in [0.1, 0.15) is 11.5 Å². The summed E-state index contributed by atoms with van der Waals surface area (Å²) in [5, 5.41) is 6.45. The van der Waals surface area contributed by atoms with Crippen LogP contribution in [-0.4, -0.2) is 53.1 Å². The number of aromatic nitrogens is 2. The summed E-state index contributed by atoms with van der Waals surface area (Å²) in [5.74, 6) is 5.46. The van der Waals surface area contributed by atoms with E-state index in [1.807, 2.05) is 31.9 Å². The second-order valence-electron chi connectivity index (χ2n) is 5.26. The van der Waals surface area contributed by atoms with Crippen LogP contribution in [0, 0.1) is 0 Å². The zero-order valence-corrected chi connectivity index (χ0v) is 15.2. The zero-order valence-electron chi connectivity index (χ0n) is 13.5.